The molecule has 0 spiro atoms. The van der Waals surface area contributed by atoms with Crippen LogP contribution in [-0.4, -0.2) is 19.5 Å². The van der Waals surface area contributed by atoms with Crippen LogP contribution in [0.1, 0.15) is 21.5 Å². The largest absolute Gasteiger partial charge is 0.478 e. The number of sulfonamides is 1. The van der Waals surface area contributed by atoms with Gasteiger partial charge >= 0.3 is 5.97 Å². The zero-order chi connectivity index (χ0) is 13.2. The Morgan fingerprint density at radius 1 is 1.41 bits per heavy atom. The molecule has 1 aromatic carbocycles. The quantitative estimate of drug-likeness (QED) is 0.611. The molecule has 0 unspecified atom stereocenters. The second-order valence-corrected chi connectivity index (χ2v) is 5.09. The number of hydrogen-bond donors (Lipinski definition) is 2. The van der Waals surface area contributed by atoms with E-state index in [0.717, 1.165) is 6.07 Å². The summed E-state index contributed by atoms with van der Waals surface area (Å²) in [5.41, 5.74) is 0.812. The maximum Gasteiger partial charge on any atom is 0.335 e. The summed E-state index contributed by atoms with van der Waals surface area (Å²) in [4.78, 5) is 10.6. The molecule has 0 atom stereocenters. The third-order valence-corrected chi connectivity index (χ3v) is 3.70. The van der Waals surface area contributed by atoms with E-state index >= 15 is 0 Å². The van der Waals surface area contributed by atoms with Gasteiger partial charge in [-0.15, -0.1) is 0 Å². The Hall–Kier alpha value is -2.07. The van der Waals surface area contributed by atoms with Crippen molar-refractivity contribution >= 4 is 16.0 Å². The van der Waals surface area contributed by atoms with Crippen LogP contribution in [-0.2, 0) is 10.0 Å². The van der Waals surface area contributed by atoms with Gasteiger partial charge < -0.3 is 5.11 Å². The van der Waals surface area contributed by atoms with Gasteiger partial charge in [0, 0.05) is 0 Å². The van der Waals surface area contributed by atoms with Crippen molar-refractivity contribution in [3.8, 4) is 6.19 Å². The molecule has 0 saturated heterocycles. The molecule has 0 amide bonds. The Morgan fingerprint density at radius 3 is 2.47 bits per heavy atom. The minimum Gasteiger partial charge on any atom is -0.478 e. The fourth-order valence-electron chi connectivity index (χ4n) is 1.34. The van der Waals surface area contributed by atoms with E-state index in [9.17, 15) is 13.2 Å². The summed E-state index contributed by atoms with van der Waals surface area (Å²) in [6.07, 6.45) is 1.32. The molecule has 6 nitrogen and oxygen atoms in total. The van der Waals surface area contributed by atoms with Crippen LogP contribution in [0.4, 0.5) is 0 Å². The highest BCUT2D eigenvalue weighted by Crippen LogP contribution is 2.20. The normalized spacial score (nSPS) is 10.6. The molecule has 0 aliphatic rings. The van der Waals surface area contributed by atoms with E-state index in [1.807, 2.05) is 0 Å². The van der Waals surface area contributed by atoms with Crippen LogP contribution in [0.5, 0.6) is 0 Å². The van der Waals surface area contributed by atoms with Crippen LogP contribution < -0.4 is 4.72 Å². The SMILES string of the molecule is Cc1cc(C(=O)O)cc(S(=O)(=O)NC#N)c1C. The number of nitrogens with zero attached hydrogens (tertiary/aromatic N) is 1. The number of benzene rings is 1. The Balaban J connectivity index is 3.55. The van der Waals surface area contributed by atoms with Crippen molar-refractivity contribution in [2.24, 2.45) is 0 Å². The van der Waals surface area contributed by atoms with Crippen molar-refractivity contribution in [3.05, 3.63) is 28.8 Å². The molecule has 0 aliphatic carbocycles. The molecule has 7 heteroatoms. The van der Waals surface area contributed by atoms with Gasteiger partial charge in [-0.2, -0.15) is 5.26 Å². The number of rotatable bonds is 3. The summed E-state index contributed by atoms with van der Waals surface area (Å²) >= 11 is 0. The van der Waals surface area contributed by atoms with Crippen LogP contribution in [0.2, 0.25) is 0 Å². The van der Waals surface area contributed by atoms with E-state index in [1.165, 1.54) is 12.3 Å². The molecule has 0 heterocycles. The van der Waals surface area contributed by atoms with E-state index in [4.69, 9.17) is 10.4 Å². The van der Waals surface area contributed by atoms with Crippen molar-refractivity contribution in [1.82, 2.24) is 4.72 Å². The number of nitriles is 1. The predicted octanol–water partition coefficient (Wildman–Crippen LogP) is 0.761. The van der Waals surface area contributed by atoms with E-state index in [-0.39, 0.29) is 10.5 Å². The second kappa shape index (κ2) is 4.43. The molecule has 1 aromatic rings. The molecule has 0 aliphatic heterocycles. The molecule has 0 saturated carbocycles. The van der Waals surface area contributed by atoms with Crippen LogP contribution in [0.15, 0.2) is 17.0 Å². The molecule has 0 fully saturated rings. The summed E-state index contributed by atoms with van der Waals surface area (Å²) in [6.45, 7) is 3.15. The lowest BCUT2D eigenvalue weighted by atomic mass is 10.1. The molecule has 0 bridgehead atoms. The summed E-state index contributed by atoms with van der Waals surface area (Å²) in [5.74, 6) is -1.22. The molecule has 0 radical (unpaired) electrons. The first-order chi connectivity index (χ1) is 7.79. The topological polar surface area (TPSA) is 107 Å². The molecule has 2 N–H and O–H groups in total. The van der Waals surface area contributed by atoms with E-state index in [2.05, 4.69) is 0 Å². The van der Waals surface area contributed by atoms with Gasteiger partial charge in [0.1, 0.15) is 0 Å². The third kappa shape index (κ3) is 2.54. The van der Waals surface area contributed by atoms with E-state index < -0.39 is 16.0 Å². The first-order valence-corrected chi connectivity index (χ1v) is 6.03. The third-order valence-electron chi connectivity index (χ3n) is 2.34. The zero-order valence-corrected chi connectivity index (χ0v) is 10.00. The highest BCUT2D eigenvalue weighted by molar-refractivity contribution is 7.89. The Morgan fingerprint density at radius 2 is 2.00 bits per heavy atom. The van der Waals surface area contributed by atoms with Crippen molar-refractivity contribution in [2.75, 3.05) is 0 Å². The Labute approximate surface area is 98.6 Å². The lowest BCUT2D eigenvalue weighted by molar-refractivity contribution is 0.0696. The summed E-state index contributed by atoms with van der Waals surface area (Å²) in [5, 5.41) is 17.2. The Kier molecular flexibility index (Phi) is 3.39. The molecule has 90 valence electrons. The van der Waals surface area contributed by atoms with Gasteiger partial charge in [-0.1, -0.05) is 0 Å². The van der Waals surface area contributed by atoms with Gasteiger partial charge in [0.2, 0.25) is 0 Å². The zero-order valence-electron chi connectivity index (χ0n) is 9.18. The van der Waals surface area contributed by atoms with Gasteiger partial charge in [0.05, 0.1) is 10.5 Å². The van der Waals surface area contributed by atoms with Gasteiger partial charge in [-0.25, -0.2) is 17.9 Å². The summed E-state index contributed by atoms with van der Waals surface area (Å²) in [6, 6.07) is 2.41. The maximum atomic E-state index is 11.7. The van der Waals surface area contributed by atoms with Crippen LogP contribution >= 0.6 is 0 Å². The average molecular weight is 254 g/mol. The second-order valence-electron chi connectivity index (χ2n) is 3.44. The van der Waals surface area contributed by atoms with Crippen molar-refractivity contribution in [2.45, 2.75) is 18.7 Å². The van der Waals surface area contributed by atoms with Crippen LogP contribution in [0, 0.1) is 25.3 Å². The number of carbonyl (C=O) groups is 1. The lowest BCUT2D eigenvalue weighted by Gasteiger charge is -2.09. The number of carboxylic acid groups (broad SMARTS) is 1. The number of carboxylic acids is 1. The number of nitrogens with one attached hydrogen (secondary N) is 1. The van der Waals surface area contributed by atoms with Gasteiger partial charge in [-0.05, 0) is 37.1 Å². The average Bonchev–Trinajstić information content (AvgIpc) is 2.21. The first kappa shape index (κ1) is 13.0. The van der Waals surface area contributed by atoms with Crippen LogP contribution in [0.3, 0.4) is 0 Å². The number of aromatic carboxylic acids is 1. The molecule has 17 heavy (non-hydrogen) atoms. The highest BCUT2D eigenvalue weighted by Gasteiger charge is 2.20. The summed E-state index contributed by atoms with van der Waals surface area (Å²) in [7, 11) is -3.99. The smallest absolute Gasteiger partial charge is 0.335 e. The molecule has 1 rings (SSSR count). The monoisotopic (exact) mass is 254 g/mol. The number of aryl methyl sites for hydroxylation is 1. The maximum absolute atomic E-state index is 11.7. The number of hydrogen-bond acceptors (Lipinski definition) is 4. The van der Waals surface area contributed by atoms with Gasteiger partial charge in [-0.3, -0.25) is 0 Å². The molecular formula is C10H10N2O4S. The van der Waals surface area contributed by atoms with Crippen molar-refractivity contribution in [3.63, 3.8) is 0 Å². The van der Waals surface area contributed by atoms with Crippen molar-refractivity contribution in [1.29, 1.82) is 5.26 Å². The lowest BCUT2D eigenvalue weighted by Crippen LogP contribution is -2.20. The molecular weight excluding hydrogens is 244 g/mol. The van der Waals surface area contributed by atoms with Crippen LogP contribution in [0.25, 0.3) is 0 Å². The Bertz CT molecular complexity index is 614. The highest BCUT2D eigenvalue weighted by atomic mass is 32.2. The first-order valence-electron chi connectivity index (χ1n) is 4.55. The van der Waals surface area contributed by atoms with E-state index in [1.54, 1.807) is 18.6 Å². The van der Waals surface area contributed by atoms with Gasteiger partial charge in [0.25, 0.3) is 10.0 Å². The molecule has 0 aromatic heterocycles. The fraction of sp³-hybridized carbons (Fsp3) is 0.200. The minimum atomic E-state index is -3.99. The fourth-order valence-corrected chi connectivity index (χ4v) is 2.42. The van der Waals surface area contributed by atoms with E-state index in [0.29, 0.717) is 11.1 Å². The predicted molar refractivity (Wildman–Crippen MR) is 58.8 cm³/mol. The summed E-state index contributed by atoms with van der Waals surface area (Å²) < 4.78 is 25.0. The van der Waals surface area contributed by atoms with Crippen molar-refractivity contribution < 1.29 is 18.3 Å². The minimum absolute atomic E-state index is 0.133. The standard InChI is InChI=1S/C10H10N2O4S/c1-6-3-8(10(13)14)4-9(7(6)2)17(15,16)12-5-11/h3-4,12H,1-2H3,(H,13,14). The van der Waals surface area contributed by atoms with Gasteiger partial charge in [0.15, 0.2) is 6.19 Å².